The molecule has 0 aliphatic rings. The maximum atomic E-state index is 13.3. The summed E-state index contributed by atoms with van der Waals surface area (Å²) in [4.78, 5) is 18.4. The third-order valence-corrected chi connectivity index (χ3v) is 7.57. The van der Waals surface area contributed by atoms with Crippen molar-refractivity contribution in [2.45, 2.75) is 0 Å². The zero-order chi connectivity index (χ0) is 25.6. The van der Waals surface area contributed by atoms with Gasteiger partial charge in [-0.3, -0.25) is 4.79 Å². The van der Waals surface area contributed by atoms with E-state index >= 15 is 0 Å². The second-order valence-corrected chi connectivity index (χ2v) is 10.3. The molecule has 7 aromatic rings. The Morgan fingerprint density at radius 1 is 0.789 bits per heavy atom. The van der Waals surface area contributed by atoms with Crippen LogP contribution in [0.1, 0.15) is 5.56 Å². The lowest BCUT2D eigenvalue weighted by atomic mass is 10.0. The van der Waals surface area contributed by atoms with E-state index in [1.165, 1.54) is 15.9 Å². The minimum absolute atomic E-state index is 0.213. The molecule has 0 amide bonds. The number of aromatic nitrogens is 5. The van der Waals surface area contributed by atoms with Crippen molar-refractivity contribution in [2.24, 2.45) is 0 Å². The van der Waals surface area contributed by atoms with Gasteiger partial charge in [-0.15, -0.1) is 5.10 Å². The molecule has 4 aromatic carbocycles. The second kappa shape index (κ2) is 9.06. The Bertz CT molecular complexity index is 2060. The van der Waals surface area contributed by atoms with E-state index in [1.807, 2.05) is 71.6 Å². The van der Waals surface area contributed by atoms with Crippen LogP contribution in [0, 0.1) is 0 Å². The van der Waals surface area contributed by atoms with E-state index in [2.05, 4.69) is 40.4 Å². The minimum atomic E-state index is -0.213. The van der Waals surface area contributed by atoms with Gasteiger partial charge < -0.3 is 0 Å². The molecule has 0 aliphatic carbocycles. The van der Waals surface area contributed by atoms with Gasteiger partial charge >= 0.3 is 0 Å². The zero-order valence-corrected chi connectivity index (χ0v) is 21.4. The maximum Gasteiger partial charge on any atom is 0.291 e. The van der Waals surface area contributed by atoms with Gasteiger partial charge in [0.05, 0.1) is 10.2 Å². The Hall–Kier alpha value is -4.59. The lowest BCUT2D eigenvalue weighted by Gasteiger charge is -2.03. The summed E-state index contributed by atoms with van der Waals surface area (Å²) < 4.78 is 3.74. The van der Waals surface area contributed by atoms with Crippen molar-refractivity contribution < 1.29 is 0 Å². The highest BCUT2D eigenvalue weighted by Crippen LogP contribution is 2.28. The van der Waals surface area contributed by atoms with Crippen molar-refractivity contribution in [3.63, 3.8) is 0 Å². The number of fused-ring (bicyclic) bond motifs is 2. The zero-order valence-electron chi connectivity index (χ0n) is 19.8. The number of hydrogen-bond donors (Lipinski definition) is 0. The molecule has 0 aliphatic heterocycles. The van der Waals surface area contributed by atoms with Crippen LogP contribution >= 0.6 is 22.9 Å². The van der Waals surface area contributed by atoms with Crippen molar-refractivity contribution in [1.82, 2.24) is 24.4 Å². The van der Waals surface area contributed by atoms with Crippen molar-refractivity contribution in [3.8, 4) is 28.3 Å². The quantitative estimate of drug-likeness (QED) is 0.278. The Balaban J connectivity index is 1.38. The van der Waals surface area contributed by atoms with Crippen LogP contribution in [-0.2, 0) is 0 Å². The molecule has 0 fully saturated rings. The first kappa shape index (κ1) is 22.6. The fraction of sp³-hybridized carbons (Fsp3) is 0. The Morgan fingerprint density at radius 2 is 1.53 bits per heavy atom. The normalized spacial score (nSPS) is 12.1. The number of rotatable bonds is 4. The van der Waals surface area contributed by atoms with Gasteiger partial charge in [-0.2, -0.15) is 14.6 Å². The molecule has 182 valence electrons. The maximum absolute atomic E-state index is 13.3. The molecule has 6 nitrogen and oxygen atoms in total. The van der Waals surface area contributed by atoms with Crippen LogP contribution in [0.5, 0.6) is 0 Å². The van der Waals surface area contributed by atoms with Crippen molar-refractivity contribution in [1.29, 1.82) is 0 Å². The first-order valence-electron chi connectivity index (χ1n) is 11.9. The molecule has 8 heteroatoms. The van der Waals surface area contributed by atoms with Crippen LogP contribution in [0.25, 0.3) is 50.1 Å². The molecule has 0 atom stereocenters. The Kier molecular flexibility index (Phi) is 5.39. The van der Waals surface area contributed by atoms with Crippen LogP contribution in [0.15, 0.2) is 108 Å². The molecule has 3 heterocycles. The molecule has 0 saturated heterocycles. The summed E-state index contributed by atoms with van der Waals surface area (Å²) in [5.41, 5.74) is 4.13. The summed E-state index contributed by atoms with van der Waals surface area (Å²) in [6.07, 6.45) is 3.83. The molecular weight excluding hydrogens is 514 g/mol. The largest absolute Gasteiger partial charge is 0.291 e. The fourth-order valence-electron chi connectivity index (χ4n) is 4.46. The third-order valence-electron chi connectivity index (χ3n) is 6.36. The summed E-state index contributed by atoms with van der Waals surface area (Å²) in [5.74, 6) is 0.491. The number of hydrogen-bond acceptors (Lipinski definition) is 5. The predicted molar refractivity (Wildman–Crippen MR) is 153 cm³/mol. The average molecular weight is 532 g/mol. The predicted octanol–water partition coefficient (Wildman–Crippen LogP) is 6.03. The highest BCUT2D eigenvalue weighted by molar-refractivity contribution is 7.15. The van der Waals surface area contributed by atoms with Crippen LogP contribution < -0.4 is 10.1 Å². The molecule has 3 aromatic heterocycles. The molecule has 0 radical (unpaired) electrons. The molecular formula is C30H18ClN5OS. The monoisotopic (exact) mass is 531 g/mol. The van der Waals surface area contributed by atoms with E-state index < -0.39 is 0 Å². The highest BCUT2D eigenvalue weighted by atomic mass is 35.5. The van der Waals surface area contributed by atoms with Gasteiger partial charge in [-0.05, 0) is 59.3 Å². The summed E-state index contributed by atoms with van der Waals surface area (Å²) in [6, 6.07) is 31.7. The van der Waals surface area contributed by atoms with Gasteiger partial charge in [0.25, 0.3) is 5.56 Å². The lowest BCUT2D eigenvalue weighted by Crippen LogP contribution is -2.23. The van der Waals surface area contributed by atoms with Crippen molar-refractivity contribution >= 4 is 44.7 Å². The van der Waals surface area contributed by atoms with Crippen LogP contribution in [-0.4, -0.2) is 24.4 Å². The number of benzene rings is 4. The fourth-order valence-corrected chi connectivity index (χ4v) is 5.49. The van der Waals surface area contributed by atoms with E-state index in [1.54, 1.807) is 12.1 Å². The second-order valence-electron chi connectivity index (χ2n) is 8.83. The molecule has 0 N–H and O–H groups in total. The van der Waals surface area contributed by atoms with Gasteiger partial charge in [0.2, 0.25) is 4.96 Å². The van der Waals surface area contributed by atoms with E-state index in [-0.39, 0.29) is 5.56 Å². The first-order valence-corrected chi connectivity index (χ1v) is 13.1. The van der Waals surface area contributed by atoms with Crippen molar-refractivity contribution in [3.05, 3.63) is 129 Å². The standard InChI is InChI=1S/C30H18ClN5OS/c31-24-14-12-20(13-15-24)28-32-30-36(34-28)29(37)26(38-30)17-23-18-35(25-8-2-1-3-9-25)33-27(23)22-11-10-19-6-4-5-7-21(19)16-22/h1-18H/b26-17-. The number of para-hydroxylation sites is 1. The molecule has 0 bridgehead atoms. The van der Waals surface area contributed by atoms with Gasteiger partial charge in [0.1, 0.15) is 5.69 Å². The van der Waals surface area contributed by atoms with Crippen LogP contribution in [0.2, 0.25) is 5.02 Å². The van der Waals surface area contributed by atoms with Crippen LogP contribution in [0.3, 0.4) is 0 Å². The summed E-state index contributed by atoms with van der Waals surface area (Å²) in [7, 11) is 0. The SMILES string of the molecule is O=c1/c(=C/c2cn(-c3ccccc3)nc2-c2ccc3ccccc3c2)sc2nc(-c3ccc(Cl)cc3)nn12. The first-order chi connectivity index (χ1) is 18.6. The molecule has 38 heavy (non-hydrogen) atoms. The summed E-state index contributed by atoms with van der Waals surface area (Å²) >= 11 is 7.31. The summed E-state index contributed by atoms with van der Waals surface area (Å²) in [5, 5.41) is 12.3. The average Bonchev–Trinajstić information content (AvgIpc) is 3.64. The number of thiazole rings is 1. The van der Waals surface area contributed by atoms with E-state index in [0.29, 0.717) is 20.3 Å². The highest BCUT2D eigenvalue weighted by Gasteiger charge is 2.15. The van der Waals surface area contributed by atoms with Gasteiger partial charge in [0.15, 0.2) is 5.82 Å². The Labute approximate surface area is 225 Å². The van der Waals surface area contributed by atoms with Crippen molar-refractivity contribution in [2.75, 3.05) is 0 Å². The Morgan fingerprint density at radius 3 is 2.32 bits per heavy atom. The van der Waals surface area contributed by atoms with E-state index in [9.17, 15) is 4.79 Å². The van der Waals surface area contributed by atoms with Crippen LogP contribution in [0.4, 0.5) is 0 Å². The number of halogens is 1. The third kappa shape index (κ3) is 3.98. The molecule has 0 unspecified atom stereocenters. The van der Waals surface area contributed by atoms with E-state index in [4.69, 9.17) is 16.7 Å². The molecule has 0 spiro atoms. The number of nitrogens with zero attached hydrogens (tertiary/aromatic N) is 5. The smallest absolute Gasteiger partial charge is 0.266 e. The van der Waals surface area contributed by atoms with Gasteiger partial charge in [-0.25, -0.2) is 4.68 Å². The van der Waals surface area contributed by atoms with Gasteiger partial charge in [0, 0.05) is 27.9 Å². The topological polar surface area (TPSA) is 65.1 Å². The lowest BCUT2D eigenvalue weighted by molar-refractivity contribution is 0.884. The minimum Gasteiger partial charge on any atom is -0.266 e. The molecule has 0 saturated carbocycles. The summed E-state index contributed by atoms with van der Waals surface area (Å²) in [6.45, 7) is 0. The van der Waals surface area contributed by atoms with Gasteiger partial charge in [-0.1, -0.05) is 77.5 Å². The van der Waals surface area contributed by atoms with E-state index in [0.717, 1.165) is 38.8 Å². The molecule has 7 rings (SSSR count).